The SMILES string of the molecule is C#CCN(CC1CC1)C(=O)c1ccc(C)cc1F. The van der Waals surface area contributed by atoms with Crippen LogP contribution in [0.1, 0.15) is 28.8 Å². The predicted octanol–water partition coefficient (Wildman–Crippen LogP) is 2.62. The highest BCUT2D eigenvalue weighted by atomic mass is 19.1. The van der Waals surface area contributed by atoms with E-state index in [0.29, 0.717) is 12.5 Å². The van der Waals surface area contributed by atoms with Crippen molar-refractivity contribution < 1.29 is 9.18 Å². The number of carbonyl (C=O) groups is 1. The maximum atomic E-state index is 13.8. The molecule has 2 nitrogen and oxygen atoms in total. The Hall–Kier alpha value is -1.82. The van der Waals surface area contributed by atoms with E-state index < -0.39 is 5.82 Å². The minimum atomic E-state index is -0.474. The molecule has 1 aliphatic carbocycles. The standard InChI is InChI=1S/C15H16FNO/c1-3-8-17(10-12-5-6-12)15(18)13-7-4-11(2)9-14(13)16/h1,4,7,9,12H,5-6,8,10H2,2H3. The van der Waals surface area contributed by atoms with Gasteiger partial charge in [0.05, 0.1) is 12.1 Å². The van der Waals surface area contributed by atoms with Gasteiger partial charge in [0.1, 0.15) is 5.82 Å². The fourth-order valence-electron chi connectivity index (χ4n) is 1.91. The molecule has 94 valence electrons. The lowest BCUT2D eigenvalue weighted by atomic mass is 10.1. The topological polar surface area (TPSA) is 20.3 Å². The van der Waals surface area contributed by atoms with Gasteiger partial charge in [0, 0.05) is 6.54 Å². The van der Waals surface area contributed by atoms with Crippen molar-refractivity contribution >= 4 is 5.91 Å². The molecule has 0 N–H and O–H groups in total. The molecular formula is C15H16FNO. The Morgan fingerprint density at radius 1 is 1.56 bits per heavy atom. The second-order valence-corrected chi connectivity index (χ2v) is 4.82. The van der Waals surface area contributed by atoms with Crippen molar-refractivity contribution in [2.75, 3.05) is 13.1 Å². The van der Waals surface area contributed by atoms with Crippen LogP contribution in [0.2, 0.25) is 0 Å². The molecule has 1 aliphatic rings. The largest absolute Gasteiger partial charge is 0.327 e. The van der Waals surface area contributed by atoms with Gasteiger partial charge in [-0.05, 0) is 43.4 Å². The number of halogens is 1. The molecule has 0 radical (unpaired) electrons. The minimum absolute atomic E-state index is 0.108. The van der Waals surface area contributed by atoms with E-state index in [2.05, 4.69) is 5.92 Å². The van der Waals surface area contributed by atoms with Crippen molar-refractivity contribution in [3.63, 3.8) is 0 Å². The number of aryl methyl sites for hydroxylation is 1. The second-order valence-electron chi connectivity index (χ2n) is 4.82. The summed E-state index contributed by atoms with van der Waals surface area (Å²) < 4.78 is 13.8. The number of benzene rings is 1. The molecule has 0 heterocycles. The number of hydrogen-bond donors (Lipinski definition) is 0. The monoisotopic (exact) mass is 245 g/mol. The van der Waals surface area contributed by atoms with E-state index in [-0.39, 0.29) is 18.0 Å². The average Bonchev–Trinajstić information content (AvgIpc) is 3.11. The summed E-state index contributed by atoms with van der Waals surface area (Å²) >= 11 is 0. The third-order valence-electron chi connectivity index (χ3n) is 3.10. The minimum Gasteiger partial charge on any atom is -0.327 e. The van der Waals surface area contributed by atoms with Gasteiger partial charge in [-0.25, -0.2) is 4.39 Å². The lowest BCUT2D eigenvalue weighted by molar-refractivity contribution is 0.0765. The first kappa shape index (κ1) is 12.6. The zero-order valence-corrected chi connectivity index (χ0v) is 10.4. The Labute approximate surface area is 107 Å². The summed E-state index contributed by atoms with van der Waals surface area (Å²) in [5.74, 6) is 2.22. The number of terminal acetylenes is 1. The molecule has 1 fully saturated rings. The van der Waals surface area contributed by atoms with Crippen LogP contribution in [0.25, 0.3) is 0 Å². The highest BCUT2D eigenvalue weighted by Crippen LogP contribution is 2.30. The third-order valence-corrected chi connectivity index (χ3v) is 3.10. The van der Waals surface area contributed by atoms with Crippen LogP contribution in [0.15, 0.2) is 18.2 Å². The molecule has 18 heavy (non-hydrogen) atoms. The van der Waals surface area contributed by atoms with Crippen molar-refractivity contribution in [3.05, 3.63) is 35.1 Å². The van der Waals surface area contributed by atoms with Gasteiger partial charge in [-0.1, -0.05) is 12.0 Å². The average molecular weight is 245 g/mol. The quantitative estimate of drug-likeness (QED) is 0.747. The zero-order valence-electron chi connectivity index (χ0n) is 10.4. The van der Waals surface area contributed by atoms with Gasteiger partial charge >= 0.3 is 0 Å². The maximum absolute atomic E-state index is 13.8. The number of amides is 1. The van der Waals surface area contributed by atoms with E-state index in [9.17, 15) is 9.18 Å². The van der Waals surface area contributed by atoms with Gasteiger partial charge in [0.25, 0.3) is 5.91 Å². The first-order valence-corrected chi connectivity index (χ1v) is 6.10. The van der Waals surface area contributed by atoms with Crippen LogP contribution in [0, 0.1) is 31.0 Å². The van der Waals surface area contributed by atoms with Gasteiger partial charge in [-0.15, -0.1) is 6.42 Å². The van der Waals surface area contributed by atoms with Gasteiger partial charge in [-0.3, -0.25) is 4.79 Å². The summed E-state index contributed by atoms with van der Waals surface area (Å²) in [5.41, 5.74) is 0.909. The summed E-state index contributed by atoms with van der Waals surface area (Å²) in [6.07, 6.45) is 7.53. The van der Waals surface area contributed by atoms with Crippen LogP contribution in [0.3, 0.4) is 0 Å². The highest BCUT2D eigenvalue weighted by Gasteiger charge is 2.27. The van der Waals surface area contributed by atoms with E-state index in [1.807, 2.05) is 0 Å². The molecule has 0 unspecified atom stereocenters. The molecule has 0 aromatic heterocycles. The molecule has 2 rings (SSSR count). The van der Waals surface area contributed by atoms with Crippen molar-refractivity contribution in [2.24, 2.45) is 5.92 Å². The van der Waals surface area contributed by atoms with Crippen LogP contribution in [-0.2, 0) is 0 Å². The predicted molar refractivity (Wildman–Crippen MR) is 68.6 cm³/mol. The van der Waals surface area contributed by atoms with Crippen LogP contribution in [0.4, 0.5) is 4.39 Å². The lowest BCUT2D eigenvalue weighted by Crippen LogP contribution is -2.33. The molecule has 1 aromatic carbocycles. The van der Waals surface area contributed by atoms with E-state index in [4.69, 9.17) is 6.42 Å². The molecule has 0 aliphatic heterocycles. The van der Waals surface area contributed by atoms with Crippen LogP contribution >= 0.6 is 0 Å². The van der Waals surface area contributed by atoms with E-state index in [0.717, 1.165) is 18.4 Å². The molecule has 0 saturated heterocycles. The van der Waals surface area contributed by atoms with Crippen LogP contribution in [0.5, 0.6) is 0 Å². The van der Waals surface area contributed by atoms with E-state index in [1.165, 1.54) is 12.1 Å². The number of rotatable bonds is 4. The molecule has 0 bridgehead atoms. The maximum Gasteiger partial charge on any atom is 0.257 e. The van der Waals surface area contributed by atoms with E-state index >= 15 is 0 Å². The number of carbonyl (C=O) groups excluding carboxylic acids is 1. The summed E-state index contributed by atoms with van der Waals surface area (Å²) in [4.78, 5) is 13.8. The Morgan fingerprint density at radius 2 is 2.28 bits per heavy atom. The third kappa shape index (κ3) is 2.89. The van der Waals surface area contributed by atoms with Crippen molar-refractivity contribution in [3.8, 4) is 12.3 Å². The Morgan fingerprint density at radius 3 is 2.83 bits per heavy atom. The zero-order chi connectivity index (χ0) is 13.1. The summed E-state index contributed by atoms with van der Waals surface area (Å²) in [7, 11) is 0. The second kappa shape index (κ2) is 5.22. The normalized spacial score (nSPS) is 14.1. The fraction of sp³-hybridized carbons (Fsp3) is 0.400. The smallest absolute Gasteiger partial charge is 0.257 e. The molecule has 0 spiro atoms. The summed E-state index contributed by atoms with van der Waals surface area (Å²) in [6.45, 7) is 2.67. The Bertz CT molecular complexity index is 500. The molecule has 0 atom stereocenters. The summed E-state index contributed by atoms with van der Waals surface area (Å²) in [5, 5.41) is 0. The molecule has 3 heteroatoms. The molecule has 1 amide bonds. The van der Waals surface area contributed by atoms with Gasteiger partial charge in [0.2, 0.25) is 0 Å². The first-order valence-electron chi connectivity index (χ1n) is 6.10. The van der Waals surface area contributed by atoms with Crippen LogP contribution in [-0.4, -0.2) is 23.9 Å². The Balaban J connectivity index is 2.18. The number of nitrogens with zero attached hydrogens (tertiary/aromatic N) is 1. The fourth-order valence-corrected chi connectivity index (χ4v) is 1.91. The molecular weight excluding hydrogens is 229 g/mol. The van der Waals surface area contributed by atoms with Gasteiger partial charge < -0.3 is 4.90 Å². The molecule has 1 saturated carbocycles. The van der Waals surface area contributed by atoms with Crippen molar-refractivity contribution in [1.29, 1.82) is 0 Å². The number of hydrogen-bond acceptors (Lipinski definition) is 1. The van der Waals surface area contributed by atoms with Crippen molar-refractivity contribution in [2.45, 2.75) is 19.8 Å². The lowest BCUT2D eigenvalue weighted by Gasteiger charge is -2.20. The van der Waals surface area contributed by atoms with Gasteiger partial charge in [0.15, 0.2) is 0 Å². The van der Waals surface area contributed by atoms with Crippen LogP contribution < -0.4 is 0 Å². The van der Waals surface area contributed by atoms with E-state index in [1.54, 1.807) is 17.9 Å². The first-order chi connectivity index (χ1) is 8.61. The summed E-state index contributed by atoms with van der Waals surface area (Å²) in [6, 6.07) is 4.64. The van der Waals surface area contributed by atoms with Gasteiger partial charge in [-0.2, -0.15) is 0 Å². The molecule has 1 aromatic rings. The Kier molecular flexibility index (Phi) is 3.66. The van der Waals surface area contributed by atoms with Crippen molar-refractivity contribution in [1.82, 2.24) is 4.90 Å². The highest BCUT2D eigenvalue weighted by molar-refractivity contribution is 5.94.